The molecular weight excluding hydrogens is 209 g/mol. The van der Waals surface area contributed by atoms with Gasteiger partial charge in [-0.25, -0.2) is 4.39 Å². The van der Waals surface area contributed by atoms with E-state index in [2.05, 4.69) is 5.10 Å². The van der Waals surface area contributed by atoms with Crippen LogP contribution in [0.25, 0.3) is 0 Å². The maximum absolute atomic E-state index is 12.7. The van der Waals surface area contributed by atoms with Crippen LogP contribution in [0.2, 0.25) is 0 Å². The summed E-state index contributed by atoms with van der Waals surface area (Å²) in [4.78, 5) is 10.8. The zero-order valence-electron chi connectivity index (χ0n) is 8.43. The molecule has 0 spiro atoms. The molecule has 0 unspecified atom stereocenters. The fourth-order valence-electron chi connectivity index (χ4n) is 1.35. The van der Waals surface area contributed by atoms with E-state index in [0.29, 0.717) is 12.1 Å². The first-order chi connectivity index (χ1) is 7.65. The lowest BCUT2D eigenvalue weighted by atomic mass is 10.2. The number of nitrogens with two attached hydrogens (primary N) is 1. The molecule has 2 rings (SSSR count). The number of rotatable bonds is 3. The zero-order chi connectivity index (χ0) is 11.5. The van der Waals surface area contributed by atoms with Crippen molar-refractivity contribution in [1.82, 2.24) is 9.78 Å². The van der Waals surface area contributed by atoms with Crippen LogP contribution >= 0.6 is 0 Å². The van der Waals surface area contributed by atoms with Gasteiger partial charge in [-0.2, -0.15) is 5.10 Å². The van der Waals surface area contributed by atoms with Crippen molar-refractivity contribution >= 4 is 5.91 Å². The molecule has 0 aliphatic rings. The van der Waals surface area contributed by atoms with E-state index in [0.717, 1.165) is 5.56 Å². The van der Waals surface area contributed by atoms with Gasteiger partial charge in [0, 0.05) is 6.20 Å². The Balaban J connectivity index is 2.14. The number of aromatic nitrogens is 2. The van der Waals surface area contributed by atoms with Gasteiger partial charge in [0.2, 0.25) is 0 Å². The number of primary amides is 1. The summed E-state index contributed by atoms with van der Waals surface area (Å²) in [5.41, 5.74) is 6.36. The number of nitrogens with zero attached hydrogens (tertiary/aromatic N) is 2. The molecule has 5 heteroatoms. The highest BCUT2D eigenvalue weighted by molar-refractivity contribution is 5.92. The summed E-state index contributed by atoms with van der Waals surface area (Å²) in [5.74, 6) is -0.785. The molecule has 2 N–H and O–H groups in total. The first-order valence-corrected chi connectivity index (χ1v) is 4.72. The van der Waals surface area contributed by atoms with Gasteiger partial charge in [-0.05, 0) is 17.7 Å². The van der Waals surface area contributed by atoms with Crippen molar-refractivity contribution < 1.29 is 9.18 Å². The number of hydrogen-bond acceptors (Lipinski definition) is 2. The molecule has 0 saturated carbocycles. The molecule has 0 aliphatic heterocycles. The second-order valence-electron chi connectivity index (χ2n) is 3.42. The van der Waals surface area contributed by atoms with Crippen LogP contribution in [0.15, 0.2) is 36.7 Å². The summed E-state index contributed by atoms with van der Waals surface area (Å²) in [6.45, 7) is 0.480. The second-order valence-corrected chi connectivity index (χ2v) is 3.42. The van der Waals surface area contributed by atoms with Crippen LogP contribution in [0.1, 0.15) is 15.9 Å². The van der Waals surface area contributed by atoms with Crippen LogP contribution in [0, 0.1) is 5.82 Å². The number of hydrogen-bond donors (Lipinski definition) is 1. The normalized spacial score (nSPS) is 10.3. The summed E-state index contributed by atoms with van der Waals surface area (Å²) >= 11 is 0. The van der Waals surface area contributed by atoms with Gasteiger partial charge >= 0.3 is 0 Å². The van der Waals surface area contributed by atoms with Gasteiger partial charge in [-0.3, -0.25) is 9.48 Å². The third-order valence-corrected chi connectivity index (χ3v) is 2.18. The molecule has 0 atom stereocenters. The van der Waals surface area contributed by atoms with Crippen molar-refractivity contribution in [2.24, 2.45) is 5.73 Å². The largest absolute Gasteiger partial charge is 0.366 e. The van der Waals surface area contributed by atoms with Crippen molar-refractivity contribution in [3.8, 4) is 0 Å². The Hall–Kier alpha value is -2.17. The van der Waals surface area contributed by atoms with Crippen molar-refractivity contribution in [3.05, 3.63) is 53.6 Å². The quantitative estimate of drug-likeness (QED) is 0.842. The summed E-state index contributed by atoms with van der Waals surface area (Å²) in [6.07, 6.45) is 2.97. The van der Waals surface area contributed by atoms with Gasteiger partial charge in [0.15, 0.2) is 0 Å². The highest BCUT2D eigenvalue weighted by Gasteiger charge is 2.04. The summed E-state index contributed by atoms with van der Waals surface area (Å²) < 4.78 is 14.2. The minimum atomic E-state index is -0.509. The Morgan fingerprint density at radius 2 is 2.06 bits per heavy atom. The minimum Gasteiger partial charge on any atom is -0.366 e. The van der Waals surface area contributed by atoms with Gasteiger partial charge in [-0.1, -0.05) is 12.1 Å². The number of benzene rings is 1. The van der Waals surface area contributed by atoms with Crippen LogP contribution in [0.4, 0.5) is 4.39 Å². The van der Waals surface area contributed by atoms with E-state index < -0.39 is 5.91 Å². The fraction of sp³-hybridized carbons (Fsp3) is 0.0909. The maximum Gasteiger partial charge on any atom is 0.251 e. The van der Waals surface area contributed by atoms with Gasteiger partial charge < -0.3 is 5.73 Å². The lowest BCUT2D eigenvalue weighted by Gasteiger charge is -2.00. The molecule has 0 saturated heterocycles. The van der Waals surface area contributed by atoms with Gasteiger partial charge in [0.25, 0.3) is 5.91 Å². The molecule has 4 nitrogen and oxygen atoms in total. The average molecular weight is 219 g/mol. The first-order valence-electron chi connectivity index (χ1n) is 4.72. The van der Waals surface area contributed by atoms with Crippen molar-refractivity contribution in [2.75, 3.05) is 0 Å². The average Bonchev–Trinajstić information content (AvgIpc) is 2.70. The monoisotopic (exact) mass is 219 g/mol. The molecule has 16 heavy (non-hydrogen) atoms. The predicted molar refractivity (Wildman–Crippen MR) is 56.2 cm³/mol. The van der Waals surface area contributed by atoms with Crippen LogP contribution < -0.4 is 5.73 Å². The summed E-state index contributed by atoms with van der Waals surface area (Å²) in [7, 11) is 0. The van der Waals surface area contributed by atoms with E-state index >= 15 is 0 Å². The molecule has 0 aliphatic carbocycles. The lowest BCUT2D eigenvalue weighted by Crippen LogP contribution is -2.09. The molecule has 0 radical (unpaired) electrons. The topological polar surface area (TPSA) is 60.9 Å². The Labute approximate surface area is 91.5 Å². The molecule has 1 aromatic heterocycles. The zero-order valence-corrected chi connectivity index (χ0v) is 8.43. The molecular formula is C11H10FN3O. The van der Waals surface area contributed by atoms with Gasteiger partial charge in [-0.15, -0.1) is 0 Å². The van der Waals surface area contributed by atoms with E-state index in [4.69, 9.17) is 5.73 Å². The van der Waals surface area contributed by atoms with E-state index in [9.17, 15) is 9.18 Å². The van der Waals surface area contributed by atoms with E-state index in [1.807, 2.05) is 0 Å². The van der Waals surface area contributed by atoms with E-state index in [-0.39, 0.29) is 5.82 Å². The number of amides is 1. The molecule has 0 fully saturated rings. The standard InChI is InChI=1S/C11H10FN3O/c12-10-3-1-8(2-4-10)6-15-7-9(5-14-15)11(13)16/h1-5,7H,6H2,(H2,13,16). The summed E-state index contributed by atoms with van der Waals surface area (Å²) in [6, 6.07) is 6.10. The highest BCUT2D eigenvalue weighted by atomic mass is 19.1. The Morgan fingerprint density at radius 3 is 2.62 bits per heavy atom. The molecule has 2 aromatic rings. The molecule has 82 valence electrons. The Kier molecular flexibility index (Phi) is 2.68. The first kappa shape index (κ1) is 10.4. The van der Waals surface area contributed by atoms with Crippen molar-refractivity contribution in [3.63, 3.8) is 0 Å². The molecule has 1 aromatic carbocycles. The van der Waals surface area contributed by atoms with Crippen LogP contribution in [0.5, 0.6) is 0 Å². The smallest absolute Gasteiger partial charge is 0.251 e. The predicted octanol–water partition coefficient (Wildman–Crippen LogP) is 1.17. The molecule has 1 heterocycles. The second kappa shape index (κ2) is 4.14. The fourth-order valence-corrected chi connectivity index (χ4v) is 1.35. The third kappa shape index (κ3) is 2.25. The van der Waals surface area contributed by atoms with Crippen LogP contribution in [-0.2, 0) is 6.54 Å². The summed E-state index contributed by atoms with van der Waals surface area (Å²) in [5, 5.41) is 3.98. The maximum atomic E-state index is 12.7. The van der Waals surface area contributed by atoms with Crippen LogP contribution in [0.3, 0.4) is 0 Å². The van der Waals surface area contributed by atoms with E-state index in [1.165, 1.54) is 18.3 Å². The van der Waals surface area contributed by atoms with Gasteiger partial charge in [0.1, 0.15) is 5.82 Å². The van der Waals surface area contributed by atoms with Crippen molar-refractivity contribution in [2.45, 2.75) is 6.54 Å². The van der Waals surface area contributed by atoms with Crippen molar-refractivity contribution in [1.29, 1.82) is 0 Å². The lowest BCUT2D eigenvalue weighted by molar-refractivity contribution is 0.1000. The SMILES string of the molecule is NC(=O)c1cnn(Cc2ccc(F)cc2)c1. The molecule has 1 amide bonds. The Morgan fingerprint density at radius 1 is 1.38 bits per heavy atom. The van der Waals surface area contributed by atoms with E-state index in [1.54, 1.807) is 23.0 Å². The van der Waals surface area contributed by atoms with Gasteiger partial charge in [0.05, 0.1) is 18.3 Å². The highest BCUT2D eigenvalue weighted by Crippen LogP contribution is 2.05. The third-order valence-electron chi connectivity index (χ3n) is 2.18. The molecule has 0 bridgehead atoms. The Bertz CT molecular complexity index is 504. The minimum absolute atomic E-state index is 0.276. The number of carbonyl (C=O) groups is 1. The number of carbonyl (C=O) groups excluding carboxylic acids is 1. The number of halogens is 1. The van der Waals surface area contributed by atoms with Crippen LogP contribution in [-0.4, -0.2) is 15.7 Å².